The Morgan fingerprint density at radius 2 is 2.25 bits per heavy atom. The zero-order valence-electron chi connectivity index (χ0n) is 9.03. The van der Waals surface area contributed by atoms with Crippen molar-refractivity contribution in [3.63, 3.8) is 0 Å². The molecule has 16 heavy (non-hydrogen) atoms. The molecule has 0 aromatic heterocycles. The Kier molecular flexibility index (Phi) is 4.25. The van der Waals surface area contributed by atoms with E-state index >= 15 is 0 Å². The van der Waals surface area contributed by atoms with E-state index in [2.05, 4.69) is 5.32 Å². The highest BCUT2D eigenvalue weighted by Gasteiger charge is 2.10. The van der Waals surface area contributed by atoms with E-state index in [9.17, 15) is 9.18 Å². The third-order valence-electron chi connectivity index (χ3n) is 2.12. The first kappa shape index (κ1) is 12.4. The summed E-state index contributed by atoms with van der Waals surface area (Å²) in [6.07, 6.45) is 0.455. The molecule has 0 aliphatic heterocycles. The molecule has 1 rings (SSSR count). The minimum atomic E-state index is -0.542. The number of benzene rings is 1. The number of aliphatic hydroxyl groups excluding tert-OH is 1. The first-order chi connectivity index (χ1) is 7.52. The number of nitrogens with one attached hydrogen (secondary N) is 1. The number of carbonyl (C=O) groups is 1. The normalized spacial score (nSPS) is 12.2. The smallest absolute Gasteiger partial charge is 0.251 e. The van der Waals surface area contributed by atoms with Gasteiger partial charge >= 0.3 is 0 Å². The summed E-state index contributed by atoms with van der Waals surface area (Å²) < 4.78 is 13.0. The number of hydrogen-bond donors (Lipinski definition) is 3. The maximum Gasteiger partial charge on any atom is 0.251 e. The van der Waals surface area contributed by atoms with E-state index in [1.807, 2.05) is 0 Å². The van der Waals surface area contributed by atoms with Gasteiger partial charge in [0.15, 0.2) is 0 Å². The molecule has 1 aromatic rings. The Labute approximate surface area is 93.3 Å². The van der Waals surface area contributed by atoms with Crippen LogP contribution in [0.5, 0.6) is 0 Å². The second-order valence-electron chi connectivity index (χ2n) is 3.66. The average Bonchev–Trinajstić information content (AvgIpc) is 2.16. The molecule has 1 unspecified atom stereocenters. The third kappa shape index (κ3) is 3.51. The lowest BCUT2D eigenvalue weighted by atomic mass is 10.1. The molecule has 0 fully saturated rings. The molecule has 0 saturated heterocycles. The van der Waals surface area contributed by atoms with Crippen LogP contribution >= 0.6 is 0 Å². The maximum absolute atomic E-state index is 13.0. The highest BCUT2D eigenvalue weighted by atomic mass is 19.1. The van der Waals surface area contributed by atoms with Crippen molar-refractivity contribution in [2.45, 2.75) is 19.4 Å². The predicted octanol–water partition coefficient (Wildman–Crippen LogP) is 0.909. The van der Waals surface area contributed by atoms with Crippen LogP contribution in [0.2, 0.25) is 0 Å². The summed E-state index contributed by atoms with van der Waals surface area (Å²) in [6, 6.07) is 3.51. The molecule has 0 spiro atoms. The van der Waals surface area contributed by atoms with Crippen LogP contribution in [-0.2, 0) is 0 Å². The fraction of sp³-hybridized carbons (Fsp3) is 0.364. The summed E-state index contributed by atoms with van der Waals surface area (Å²) in [7, 11) is 0. The second kappa shape index (κ2) is 5.46. The van der Waals surface area contributed by atoms with Gasteiger partial charge in [-0.2, -0.15) is 0 Å². The summed E-state index contributed by atoms with van der Waals surface area (Å²) >= 11 is 0. The molecule has 0 heterocycles. The molecule has 0 bridgehead atoms. The van der Waals surface area contributed by atoms with Gasteiger partial charge in [0.05, 0.1) is 0 Å². The standard InChI is InChI=1S/C11H15FN2O2/c1-7(2-3-15)14-11(16)8-4-9(12)6-10(13)5-8/h4-7,15H,2-3,13H2,1H3,(H,14,16). The summed E-state index contributed by atoms with van der Waals surface area (Å²) in [4.78, 5) is 11.6. The number of anilines is 1. The second-order valence-corrected chi connectivity index (χ2v) is 3.66. The van der Waals surface area contributed by atoms with Gasteiger partial charge in [0.2, 0.25) is 0 Å². The van der Waals surface area contributed by atoms with E-state index in [0.717, 1.165) is 12.1 Å². The first-order valence-electron chi connectivity index (χ1n) is 5.00. The molecular weight excluding hydrogens is 211 g/mol. The SMILES string of the molecule is CC(CCO)NC(=O)c1cc(N)cc(F)c1. The average molecular weight is 226 g/mol. The number of rotatable bonds is 4. The van der Waals surface area contributed by atoms with Gasteiger partial charge in [0.25, 0.3) is 5.91 Å². The largest absolute Gasteiger partial charge is 0.399 e. The summed E-state index contributed by atoms with van der Waals surface area (Å²) in [5.74, 6) is -0.938. The van der Waals surface area contributed by atoms with Crippen molar-refractivity contribution >= 4 is 11.6 Å². The Bertz CT molecular complexity index is 362. The van der Waals surface area contributed by atoms with Crippen molar-refractivity contribution in [3.8, 4) is 0 Å². The van der Waals surface area contributed by atoms with Crippen molar-refractivity contribution < 1.29 is 14.3 Å². The fourth-order valence-electron chi connectivity index (χ4n) is 1.32. The van der Waals surface area contributed by atoms with Crippen molar-refractivity contribution in [2.75, 3.05) is 12.3 Å². The van der Waals surface area contributed by atoms with Crippen molar-refractivity contribution in [3.05, 3.63) is 29.6 Å². The molecule has 1 aromatic carbocycles. The van der Waals surface area contributed by atoms with E-state index in [1.54, 1.807) is 6.92 Å². The molecule has 88 valence electrons. The minimum absolute atomic E-state index is 0.00721. The van der Waals surface area contributed by atoms with E-state index in [0.29, 0.717) is 6.42 Å². The van der Waals surface area contributed by atoms with Crippen LogP contribution < -0.4 is 11.1 Å². The number of nitrogen functional groups attached to an aromatic ring is 1. The van der Waals surface area contributed by atoms with Crippen LogP contribution in [-0.4, -0.2) is 23.7 Å². The molecule has 0 saturated carbocycles. The van der Waals surface area contributed by atoms with E-state index < -0.39 is 11.7 Å². The number of halogens is 1. The zero-order chi connectivity index (χ0) is 12.1. The van der Waals surface area contributed by atoms with E-state index in [4.69, 9.17) is 10.8 Å². The number of hydrogen-bond acceptors (Lipinski definition) is 3. The molecule has 4 nitrogen and oxygen atoms in total. The molecule has 5 heteroatoms. The van der Waals surface area contributed by atoms with Crippen LogP contribution in [0, 0.1) is 5.82 Å². The number of aliphatic hydroxyl groups is 1. The lowest BCUT2D eigenvalue weighted by Crippen LogP contribution is -2.33. The lowest BCUT2D eigenvalue weighted by molar-refractivity contribution is 0.0934. The molecular formula is C11H15FN2O2. The molecule has 0 aliphatic rings. The maximum atomic E-state index is 13.0. The quantitative estimate of drug-likeness (QED) is 0.668. The number of carbonyl (C=O) groups excluding carboxylic acids is 1. The van der Waals surface area contributed by atoms with Gasteiger partial charge in [0.1, 0.15) is 5.82 Å². The minimum Gasteiger partial charge on any atom is -0.399 e. The van der Waals surface area contributed by atoms with Crippen molar-refractivity contribution in [2.24, 2.45) is 0 Å². The van der Waals surface area contributed by atoms with Gasteiger partial charge in [-0.05, 0) is 31.5 Å². The Balaban J connectivity index is 2.72. The molecule has 0 radical (unpaired) electrons. The van der Waals surface area contributed by atoms with Gasteiger partial charge in [-0.25, -0.2) is 4.39 Å². The topological polar surface area (TPSA) is 75.3 Å². The lowest BCUT2D eigenvalue weighted by Gasteiger charge is -2.12. The number of amides is 1. The highest BCUT2D eigenvalue weighted by molar-refractivity contribution is 5.95. The monoisotopic (exact) mass is 226 g/mol. The van der Waals surface area contributed by atoms with E-state index in [1.165, 1.54) is 6.07 Å². The van der Waals surface area contributed by atoms with Gasteiger partial charge < -0.3 is 16.2 Å². The van der Waals surface area contributed by atoms with Gasteiger partial charge in [-0.1, -0.05) is 0 Å². The van der Waals surface area contributed by atoms with Gasteiger partial charge in [-0.3, -0.25) is 4.79 Å². The van der Waals surface area contributed by atoms with Crippen LogP contribution in [0.15, 0.2) is 18.2 Å². The predicted molar refractivity (Wildman–Crippen MR) is 59.4 cm³/mol. The summed E-state index contributed by atoms with van der Waals surface area (Å²) in [5.41, 5.74) is 5.82. The molecule has 4 N–H and O–H groups in total. The highest BCUT2D eigenvalue weighted by Crippen LogP contribution is 2.10. The van der Waals surface area contributed by atoms with Crippen LogP contribution in [0.4, 0.5) is 10.1 Å². The van der Waals surface area contributed by atoms with Crippen LogP contribution in [0.3, 0.4) is 0 Å². The molecule has 0 aliphatic carbocycles. The molecule has 1 atom stereocenters. The van der Waals surface area contributed by atoms with Crippen LogP contribution in [0.25, 0.3) is 0 Å². The summed E-state index contributed by atoms with van der Waals surface area (Å²) in [6.45, 7) is 1.75. The first-order valence-corrected chi connectivity index (χ1v) is 5.00. The zero-order valence-corrected chi connectivity index (χ0v) is 9.03. The van der Waals surface area contributed by atoms with E-state index in [-0.39, 0.29) is 23.9 Å². The Hall–Kier alpha value is -1.62. The number of nitrogens with two attached hydrogens (primary N) is 1. The fourth-order valence-corrected chi connectivity index (χ4v) is 1.32. The van der Waals surface area contributed by atoms with Crippen molar-refractivity contribution in [1.29, 1.82) is 0 Å². The van der Waals surface area contributed by atoms with Gasteiger partial charge in [-0.15, -0.1) is 0 Å². The van der Waals surface area contributed by atoms with Gasteiger partial charge in [0, 0.05) is 23.9 Å². The summed E-state index contributed by atoms with van der Waals surface area (Å²) in [5, 5.41) is 11.3. The Morgan fingerprint density at radius 3 is 2.81 bits per heavy atom. The third-order valence-corrected chi connectivity index (χ3v) is 2.12. The van der Waals surface area contributed by atoms with Crippen LogP contribution in [0.1, 0.15) is 23.7 Å². The molecule has 1 amide bonds. The van der Waals surface area contributed by atoms with Crippen molar-refractivity contribution in [1.82, 2.24) is 5.32 Å². The Morgan fingerprint density at radius 1 is 1.56 bits per heavy atom.